The van der Waals surface area contributed by atoms with Gasteiger partial charge in [0.05, 0.1) is 0 Å². The second-order valence-electron chi connectivity index (χ2n) is 8.89. The molecule has 1 N–H and O–H groups in total. The maximum atomic E-state index is 3.47. The van der Waals surface area contributed by atoms with E-state index < -0.39 is 0 Å². The fraction of sp³-hybridized carbons (Fsp3) is 1.00. The van der Waals surface area contributed by atoms with Crippen molar-refractivity contribution in [3.63, 3.8) is 0 Å². The summed E-state index contributed by atoms with van der Waals surface area (Å²) in [4.78, 5) is 0. The maximum absolute atomic E-state index is 3.47. The molecule has 5 unspecified atom stereocenters. The number of rotatable bonds is 3. The summed E-state index contributed by atoms with van der Waals surface area (Å²) in [5.41, 5.74) is 0.503. The van der Waals surface area contributed by atoms with Gasteiger partial charge in [0.1, 0.15) is 0 Å². The predicted molar refractivity (Wildman–Crippen MR) is 88.8 cm³/mol. The van der Waals surface area contributed by atoms with Gasteiger partial charge in [0.15, 0.2) is 0 Å². The smallest absolute Gasteiger partial charge is 0.00208 e. The van der Waals surface area contributed by atoms with Gasteiger partial charge in [-0.05, 0) is 74.3 Å². The fourth-order valence-electron chi connectivity index (χ4n) is 5.02. The minimum Gasteiger partial charge on any atom is -0.319 e. The van der Waals surface area contributed by atoms with Crippen molar-refractivity contribution in [1.29, 1.82) is 0 Å². The zero-order valence-electron chi connectivity index (χ0n) is 14.5. The monoisotopic (exact) mass is 279 g/mol. The molecular formula is C19H37N. The summed E-state index contributed by atoms with van der Waals surface area (Å²) >= 11 is 0. The minimum absolute atomic E-state index is 0.503. The molecule has 20 heavy (non-hydrogen) atoms. The van der Waals surface area contributed by atoms with Gasteiger partial charge in [0.25, 0.3) is 0 Å². The van der Waals surface area contributed by atoms with Crippen LogP contribution in [0.15, 0.2) is 0 Å². The number of hydrogen-bond acceptors (Lipinski definition) is 1. The van der Waals surface area contributed by atoms with Gasteiger partial charge in [-0.3, -0.25) is 0 Å². The molecule has 0 aromatic rings. The molecule has 0 bridgehead atoms. The molecule has 2 fully saturated rings. The van der Waals surface area contributed by atoms with Gasteiger partial charge in [-0.2, -0.15) is 0 Å². The Kier molecular flexibility index (Phi) is 5.56. The Morgan fingerprint density at radius 2 is 1.75 bits per heavy atom. The van der Waals surface area contributed by atoms with Crippen LogP contribution in [-0.2, 0) is 0 Å². The van der Waals surface area contributed by atoms with Gasteiger partial charge < -0.3 is 5.32 Å². The molecule has 5 atom stereocenters. The highest BCUT2D eigenvalue weighted by atomic mass is 14.8. The zero-order valence-corrected chi connectivity index (χ0v) is 14.5. The zero-order chi connectivity index (χ0) is 14.8. The Labute approximate surface area is 127 Å². The van der Waals surface area contributed by atoms with Gasteiger partial charge in [-0.15, -0.1) is 0 Å². The molecule has 1 heteroatoms. The largest absolute Gasteiger partial charge is 0.319 e. The van der Waals surface area contributed by atoms with Crippen LogP contribution in [0.5, 0.6) is 0 Å². The predicted octanol–water partition coefficient (Wildman–Crippen LogP) is 5.11. The van der Waals surface area contributed by atoms with E-state index in [2.05, 4.69) is 40.1 Å². The molecule has 0 aromatic heterocycles. The van der Waals surface area contributed by atoms with E-state index >= 15 is 0 Å². The second kappa shape index (κ2) is 6.81. The Hall–Kier alpha value is -0.0400. The van der Waals surface area contributed by atoms with E-state index in [1.165, 1.54) is 51.5 Å². The van der Waals surface area contributed by atoms with Gasteiger partial charge in [0, 0.05) is 0 Å². The van der Waals surface area contributed by atoms with Crippen LogP contribution in [0.25, 0.3) is 0 Å². The molecule has 0 saturated heterocycles. The first-order chi connectivity index (χ1) is 9.41. The highest BCUT2D eigenvalue weighted by Gasteiger charge is 2.39. The first kappa shape index (κ1) is 16.3. The molecule has 2 aliphatic rings. The van der Waals surface area contributed by atoms with Crippen molar-refractivity contribution < 1.29 is 0 Å². The number of hydrogen-bond donors (Lipinski definition) is 1. The average Bonchev–Trinajstić information content (AvgIpc) is 2.38. The van der Waals surface area contributed by atoms with E-state index in [9.17, 15) is 0 Å². The molecule has 2 rings (SSSR count). The van der Waals surface area contributed by atoms with Crippen LogP contribution in [0, 0.1) is 35.0 Å². The minimum atomic E-state index is 0.503. The summed E-state index contributed by atoms with van der Waals surface area (Å²) in [5, 5.41) is 3.47. The quantitative estimate of drug-likeness (QED) is 0.757. The lowest BCUT2D eigenvalue weighted by Gasteiger charge is -2.46. The molecule has 1 nitrogen and oxygen atoms in total. The Morgan fingerprint density at radius 1 is 1.00 bits per heavy atom. The average molecular weight is 280 g/mol. The van der Waals surface area contributed by atoms with Crippen LogP contribution in [0.2, 0.25) is 0 Å². The van der Waals surface area contributed by atoms with Crippen molar-refractivity contribution in [2.24, 2.45) is 35.0 Å². The molecule has 0 spiro atoms. The van der Waals surface area contributed by atoms with Crippen LogP contribution in [0.1, 0.15) is 72.6 Å². The van der Waals surface area contributed by atoms with Crippen molar-refractivity contribution in [3.8, 4) is 0 Å². The van der Waals surface area contributed by atoms with E-state index in [1.807, 2.05) is 0 Å². The summed E-state index contributed by atoms with van der Waals surface area (Å²) in [6.45, 7) is 11.1. The van der Waals surface area contributed by atoms with E-state index in [-0.39, 0.29) is 0 Å². The van der Waals surface area contributed by atoms with Crippen LogP contribution in [-0.4, -0.2) is 13.6 Å². The molecule has 118 valence electrons. The second-order valence-corrected chi connectivity index (χ2v) is 8.89. The molecule has 2 aliphatic carbocycles. The van der Waals surface area contributed by atoms with Crippen molar-refractivity contribution in [3.05, 3.63) is 0 Å². The molecule has 2 saturated carbocycles. The van der Waals surface area contributed by atoms with Gasteiger partial charge in [0.2, 0.25) is 0 Å². The van der Waals surface area contributed by atoms with Gasteiger partial charge in [-0.1, -0.05) is 47.0 Å². The lowest BCUT2D eigenvalue weighted by atomic mass is 9.60. The van der Waals surface area contributed by atoms with Gasteiger partial charge in [-0.25, -0.2) is 0 Å². The van der Waals surface area contributed by atoms with Crippen LogP contribution >= 0.6 is 0 Å². The third-order valence-electron chi connectivity index (χ3n) is 6.32. The van der Waals surface area contributed by atoms with Crippen molar-refractivity contribution in [1.82, 2.24) is 5.32 Å². The third-order valence-corrected chi connectivity index (χ3v) is 6.32. The SMILES string of the molecule is CNCC1CCC(C(C)(C)C)CC1C1CCCC(C)C1. The standard InChI is InChI=1S/C19H37N/c1-14-7-6-8-15(11-14)18-12-17(19(2,3)4)10-9-16(18)13-20-5/h14-18,20H,6-13H2,1-5H3. The Morgan fingerprint density at radius 3 is 2.35 bits per heavy atom. The van der Waals surface area contributed by atoms with Crippen LogP contribution in [0.3, 0.4) is 0 Å². The Balaban J connectivity index is 2.06. The lowest BCUT2D eigenvalue weighted by Crippen LogP contribution is -2.40. The van der Waals surface area contributed by atoms with E-state index in [0.29, 0.717) is 5.41 Å². The van der Waals surface area contributed by atoms with Gasteiger partial charge >= 0.3 is 0 Å². The highest BCUT2D eigenvalue weighted by molar-refractivity contribution is 4.90. The first-order valence-electron chi connectivity index (χ1n) is 9.06. The lowest BCUT2D eigenvalue weighted by molar-refractivity contribution is 0.0439. The first-order valence-corrected chi connectivity index (χ1v) is 9.06. The summed E-state index contributed by atoms with van der Waals surface area (Å²) in [5.74, 6) is 4.86. The van der Waals surface area contributed by atoms with Crippen molar-refractivity contribution in [2.45, 2.75) is 72.6 Å². The molecule has 0 amide bonds. The summed E-state index contributed by atoms with van der Waals surface area (Å²) in [6, 6.07) is 0. The summed E-state index contributed by atoms with van der Waals surface area (Å²) in [7, 11) is 2.14. The third kappa shape index (κ3) is 4.00. The molecular weight excluding hydrogens is 242 g/mol. The maximum Gasteiger partial charge on any atom is -0.00208 e. The summed E-state index contributed by atoms with van der Waals surface area (Å²) < 4.78 is 0. The van der Waals surface area contributed by atoms with Crippen molar-refractivity contribution >= 4 is 0 Å². The van der Waals surface area contributed by atoms with E-state index in [4.69, 9.17) is 0 Å². The Bertz CT molecular complexity index is 291. The molecule has 0 radical (unpaired) electrons. The number of nitrogens with one attached hydrogen (secondary N) is 1. The normalized spacial score (nSPS) is 39.8. The van der Waals surface area contributed by atoms with Crippen LogP contribution in [0.4, 0.5) is 0 Å². The molecule has 0 heterocycles. The molecule has 0 aliphatic heterocycles. The van der Waals surface area contributed by atoms with Crippen molar-refractivity contribution in [2.75, 3.05) is 13.6 Å². The van der Waals surface area contributed by atoms with E-state index in [0.717, 1.165) is 29.6 Å². The topological polar surface area (TPSA) is 12.0 Å². The van der Waals surface area contributed by atoms with E-state index in [1.54, 1.807) is 0 Å². The van der Waals surface area contributed by atoms with Crippen LogP contribution < -0.4 is 5.32 Å². The molecule has 0 aromatic carbocycles. The highest BCUT2D eigenvalue weighted by Crippen LogP contribution is 2.48. The fourth-order valence-corrected chi connectivity index (χ4v) is 5.02. The summed E-state index contributed by atoms with van der Waals surface area (Å²) in [6.07, 6.45) is 10.4.